The lowest BCUT2D eigenvalue weighted by Gasteiger charge is -2.29. The fourth-order valence-corrected chi connectivity index (χ4v) is 3.00. The van der Waals surface area contributed by atoms with E-state index in [-0.39, 0.29) is 0 Å². The molecule has 0 fully saturated rings. The summed E-state index contributed by atoms with van der Waals surface area (Å²) < 4.78 is 0. The molecule has 0 heterocycles. The fraction of sp³-hybridized carbons (Fsp3) is 0.857. The minimum absolute atomic E-state index is 0.845. The lowest BCUT2D eigenvalue weighted by molar-refractivity contribution is 0.467. The van der Waals surface area contributed by atoms with Crippen molar-refractivity contribution in [2.24, 2.45) is 11.8 Å². The molecule has 0 bridgehead atoms. The standard InChI is InChI=1S/C14H26/c1-5-8-11(3)14-10-7-9-12(4)13(14)6-2/h11-12H,5-10H2,1-4H3. The summed E-state index contributed by atoms with van der Waals surface area (Å²) in [6, 6.07) is 0. The molecule has 0 radical (unpaired) electrons. The number of hydrogen-bond donors (Lipinski definition) is 0. The zero-order chi connectivity index (χ0) is 10.6. The Bertz CT molecular complexity index is 200. The first kappa shape index (κ1) is 11.8. The topological polar surface area (TPSA) is 0 Å². The Hall–Kier alpha value is -0.260. The molecular weight excluding hydrogens is 168 g/mol. The zero-order valence-electron chi connectivity index (χ0n) is 10.4. The van der Waals surface area contributed by atoms with Crippen LogP contribution in [0.4, 0.5) is 0 Å². The number of rotatable bonds is 4. The molecule has 1 aliphatic carbocycles. The fourth-order valence-electron chi connectivity index (χ4n) is 3.00. The van der Waals surface area contributed by atoms with E-state index in [1.165, 1.54) is 38.5 Å². The summed E-state index contributed by atoms with van der Waals surface area (Å²) in [6.45, 7) is 9.47. The largest absolute Gasteiger partial charge is 0.0682 e. The third kappa shape index (κ3) is 2.62. The normalized spacial score (nSPS) is 25.3. The van der Waals surface area contributed by atoms with Gasteiger partial charge in [-0.15, -0.1) is 0 Å². The van der Waals surface area contributed by atoms with Crippen LogP contribution in [0.1, 0.15) is 66.2 Å². The van der Waals surface area contributed by atoms with E-state index in [0.717, 1.165) is 11.8 Å². The summed E-state index contributed by atoms with van der Waals surface area (Å²) in [4.78, 5) is 0. The molecular formula is C14H26. The Labute approximate surface area is 89.8 Å². The van der Waals surface area contributed by atoms with E-state index < -0.39 is 0 Å². The summed E-state index contributed by atoms with van der Waals surface area (Å²) in [5.41, 5.74) is 3.60. The minimum Gasteiger partial charge on any atom is -0.0682 e. The first-order chi connectivity index (χ1) is 6.70. The SMILES string of the molecule is CCCC(C)C1=C(CC)C(C)CCC1. The van der Waals surface area contributed by atoms with Crippen molar-refractivity contribution in [2.45, 2.75) is 66.2 Å². The van der Waals surface area contributed by atoms with Crippen LogP contribution >= 0.6 is 0 Å². The second kappa shape index (κ2) is 5.58. The Morgan fingerprint density at radius 2 is 2.07 bits per heavy atom. The van der Waals surface area contributed by atoms with Crippen molar-refractivity contribution < 1.29 is 0 Å². The van der Waals surface area contributed by atoms with E-state index in [1.807, 2.05) is 5.57 Å². The highest BCUT2D eigenvalue weighted by Gasteiger charge is 2.20. The highest BCUT2D eigenvalue weighted by Crippen LogP contribution is 2.36. The molecule has 82 valence electrons. The van der Waals surface area contributed by atoms with Crippen LogP contribution in [0.3, 0.4) is 0 Å². The lowest BCUT2D eigenvalue weighted by Crippen LogP contribution is -2.13. The second-order valence-electron chi connectivity index (χ2n) is 4.89. The van der Waals surface area contributed by atoms with Crippen molar-refractivity contribution in [2.75, 3.05) is 0 Å². The maximum absolute atomic E-state index is 2.42. The molecule has 0 aromatic carbocycles. The third-order valence-corrected chi connectivity index (χ3v) is 3.79. The molecule has 0 saturated heterocycles. The van der Waals surface area contributed by atoms with E-state index in [9.17, 15) is 0 Å². The molecule has 0 aromatic heterocycles. The smallest absolute Gasteiger partial charge is 0.0229 e. The molecule has 2 atom stereocenters. The average molecular weight is 194 g/mol. The van der Waals surface area contributed by atoms with Crippen molar-refractivity contribution in [3.8, 4) is 0 Å². The van der Waals surface area contributed by atoms with Crippen LogP contribution in [-0.2, 0) is 0 Å². The summed E-state index contributed by atoms with van der Waals surface area (Å²) in [6.07, 6.45) is 8.22. The van der Waals surface area contributed by atoms with Gasteiger partial charge < -0.3 is 0 Å². The van der Waals surface area contributed by atoms with E-state index in [1.54, 1.807) is 5.57 Å². The van der Waals surface area contributed by atoms with Gasteiger partial charge in [0.1, 0.15) is 0 Å². The monoisotopic (exact) mass is 194 g/mol. The van der Waals surface area contributed by atoms with Crippen molar-refractivity contribution in [1.82, 2.24) is 0 Å². The maximum atomic E-state index is 2.42. The van der Waals surface area contributed by atoms with E-state index >= 15 is 0 Å². The van der Waals surface area contributed by atoms with Gasteiger partial charge in [0.2, 0.25) is 0 Å². The highest BCUT2D eigenvalue weighted by atomic mass is 14.3. The molecule has 0 nitrogen and oxygen atoms in total. The summed E-state index contributed by atoms with van der Waals surface area (Å²) >= 11 is 0. The van der Waals surface area contributed by atoms with Crippen molar-refractivity contribution >= 4 is 0 Å². The molecule has 0 N–H and O–H groups in total. The van der Waals surface area contributed by atoms with Gasteiger partial charge in [0.25, 0.3) is 0 Å². The number of allylic oxidation sites excluding steroid dienone is 2. The van der Waals surface area contributed by atoms with Crippen molar-refractivity contribution in [3.63, 3.8) is 0 Å². The van der Waals surface area contributed by atoms with Gasteiger partial charge in [0.15, 0.2) is 0 Å². The van der Waals surface area contributed by atoms with Gasteiger partial charge in [-0.1, -0.05) is 45.3 Å². The summed E-state index contributed by atoms with van der Waals surface area (Å²) in [5.74, 6) is 1.71. The quantitative estimate of drug-likeness (QED) is 0.555. The highest BCUT2D eigenvalue weighted by molar-refractivity contribution is 5.21. The summed E-state index contributed by atoms with van der Waals surface area (Å²) in [5, 5.41) is 0. The first-order valence-corrected chi connectivity index (χ1v) is 6.42. The van der Waals surface area contributed by atoms with Gasteiger partial charge in [-0.05, 0) is 43.9 Å². The van der Waals surface area contributed by atoms with Gasteiger partial charge >= 0.3 is 0 Å². The van der Waals surface area contributed by atoms with Crippen LogP contribution in [-0.4, -0.2) is 0 Å². The van der Waals surface area contributed by atoms with Gasteiger partial charge in [0, 0.05) is 0 Å². The van der Waals surface area contributed by atoms with Crippen LogP contribution in [0.2, 0.25) is 0 Å². The Morgan fingerprint density at radius 1 is 1.36 bits per heavy atom. The minimum atomic E-state index is 0.845. The first-order valence-electron chi connectivity index (χ1n) is 6.42. The van der Waals surface area contributed by atoms with E-state index in [2.05, 4.69) is 27.7 Å². The Balaban J connectivity index is 2.78. The molecule has 0 saturated carbocycles. The number of hydrogen-bond acceptors (Lipinski definition) is 0. The maximum Gasteiger partial charge on any atom is -0.0229 e. The van der Waals surface area contributed by atoms with Gasteiger partial charge in [0.05, 0.1) is 0 Å². The summed E-state index contributed by atoms with van der Waals surface area (Å²) in [7, 11) is 0. The van der Waals surface area contributed by atoms with E-state index in [4.69, 9.17) is 0 Å². The second-order valence-corrected chi connectivity index (χ2v) is 4.89. The molecule has 0 aromatic rings. The van der Waals surface area contributed by atoms with Crippen molar-refractivity contribution in [3.05, 3.63) is 11.1 Å². The molecule has 0 aliphatic heterocycles. The van der Waals surface area contributed by atoms with Gasteiger partial charge in [-0.3, -0.25) is 0 Å². The molecule has 2 unspecified atom stereocenters. The van der Waals surface area contributed by atoms with Crippen LogP contribution in [0.5, 0.6) is 0 Å². The molecule has 0 heteroatoms. The Morgan fingerprint density at radius 3 is 2.64 bits per heavy atom. The van der Waals surface area contributed by atoms with E-state index in [0.29, 0.717) is 0 Å². The lowest BCUT2D eigenvalue weighted by atomic mass is 9.77. The molecule has 0 spiro atoms. The Kier molecular flexibility index (Phi) is 4.71. The molecule has 0 amide bonds. The van der Waals surface area contributed by atoms with Crippen LogP contribution in [0.25, 0.3) is 0 Å². The van der Waals surface area contributed by atoms with Crippen LogP contribution in [0.15, 0.2) is 11.1 Å². The predicted molar refractivity (Wildman–Crippen MR) is 64.4 cm³/mol. The third-order valence-electron chi connectivity index (χ3n) is 3.79. The molecule has 14 heavy (non-hydrogen) atoms. The van der Waals surface area contributed by atoms with Crippen molar-refractivity contribution in [1.29, 1.82) is 0 Å². The van der Waals surface area contributed by atoms with Crippen LogP contribution < -0.4 is 0 Å². The molecule has 1 rings (SSSR count). The van der Waals surface area contributed by atoms with Gasteiger partial charge in [-0.25, -0.2) is 0 Å². The molecule has 1 aliphatic rings. The van der Waals surface area contributed by atoms with Gasteiger partial charge in [-0.2, -0.15) is 0 Å². The predicted octanol–water partition coefficient (Wildman–Crippen LogP) is 4.95. The van der Waals surface area contributed by atoms with Crippen LogP contribution in [0, 0.1) is 11.8 Å². The average Bonchev–Trinajstić information content (AvgIpc) is 2.17. The zero-order valence-corrected chi connectivity index (χ0v) is 10.4.